The molecule has 0 saturated carbocycles. The van der Waals surface area contributed by atoms with E-state index in [9.17, 15) is 9.59 Å². The highest BCUT2D eigenvalue weighted by Gasteiger charge is 2.23. The van der Waals surface area contributed by atoms with Gasteiger partial charge in [0.2, 0.25) is 0 Å². The lowest BCUT2D eigenvalue weighted by molar-refractivity contribution is 0.0957. The molecule has 8 heteroatoms. The molecule has 2 amide bonds. The van der Waals surface area contributed by atoms with Crippen LogP contribution in [0.4, 0.5) is 10.5 Å². The number of carbonyl (C=O) groups is 2. The number of aromatic amines is 1. The molecule has 0 aliphatic carbocycles. The van der Waals surface area contributed by atoms with E-state index in [4.69, 9.17) is 5.11 Å². The predicted octanol–water partition coefficient (Wildman–Crippen LogP) is 1.71. The molecule has 4 rings (SSSR count). The first-order chi connectivity index (χ1) is 11.6. The molecule has 2 aliphatic rings. The molecule has 1 aromatic carbocycles. The van der Waals surface area contributed by atoms with Crippen LogP contribution in [0.1, 0.15) is 28.0 Å². The third-order valence-electron chi connectivity index (χ3n) is 4.18. The molecule has 24 heavy (non-hydrogen) atoms. The number of aromatic nitrogens is 1. The fraction of sp³-hybridized carbons (Fsp3) is 0.188. The van der Waals surface area contributed by atoms with Gasteiger partial charge >= 0.3 is 6.09 Å². The van der Waals surface area contributed by atoms with Gasteiger partial charge in [0.1, 0.15) is 0 Å². The largest absolute Gasteiger partial charge is 0.465 e. The molecule has 0 unspecified atom stereocenters. The van der Waals surface area contributed by atoms with Gasteiger partial charge < -0.3 is 15.4 Å². The molecule has 2 aliphatic heterocycles. The van der Waals surface area contributed by atoms with Gasteiger partial charge in [0.05, 0.1) is 17.5 Å². The first-order valence-corrected chi connectivity index (χ1v) is 7.56. The molecule has 1 aromatic heterocycles. The summed E-state index contributed by atoms with van der Waals surface area (Å²) in [5, 5.41) is 19.2. The monoisotopic (exact) mass is 325 g/mol. The lowest BCUT2D eigenvalue weighted by Crippen LogP contribution is -2.20. The van der Waals surface area contributed by atoms with E-state index in [1.54, 1.807) is 12.3 Å². The fourth-order valence-electron chi connectivity index (χ4n) is 3.18. The number of anilines is 1. The van der Waals surface area contributed by atoms with E-state index in [0.717, 1.165) is 41.7 Å². The van der Waals surface area contributed by atoms with Crippen LogP contribution in [-0.2, 0) is 0 Å². The Hall–Kier alpha value is -3.13. The van der Waals surface area contributed by atoms with E-state index < -0.39 is 6.09 Å². The van der Waals surface area contributed by atoms with Crippen molar-refractivity contribution in [2.24, 2.45) is 5.10 Å². The van der Waals surface area contributed by atoms with Gasteiger partial charge in [-0.1, -0.05) is 6.08 Å². The molecule has 5 N–H and O–H groups in total. The van der Waals surface area contributed by atoms with Gasteiger partial charge in [-0.05, 0) is 30.7 Å². The Morgan fingerprint density at radius 1 is 1.33 bits per heavy atom. The van der Waals surface area contributed by atoms with Crippen LogP contribution in [0.15, 0.2) is 23.3 Å². The second-order valence-electron chi connectivity index (χ2n) is 5.67. The van der Waals surface area contributed by atoms with Crippen LogP contribution < -0.4 is 16.1 Å². The molecule has 2 aromatic rings. The minimum atomic E-state index is -1.18. The van der Waals surface area contributed by atoms with Crippen LogP contribution in [0.3, 0.4) is 0 Å². The van der Waals surface area contributed by atoms with E-state index in [-0.39, 0.29) is 5.91 Å². The fourth-order valence-corrected chi connectivity index (χ4v) is 3.18. The molecule has 0 radical (unpaired) electrons. The lowest BCUT2D eigenvalue weighted by atomic mass is 9.99. The summed E-state index contributed by atoms with van der Waals surface area (Å²) in [7, 11) is 0. The van der Waals surface area contributed by atoms with Gasteiger partial charge in [-0.25, -0.2) is 10.2 Å². The molecule has 8 nitrogen and oxygen atoms in total. The smallest absolute Gasteiger partial charge is 0.409 e. The van der Waals surface area contributed by atoms with Gasteiger partial charge in [-0.2, -0.15) is 5.10 Å². The Morgan fingerprint density at radius 2 is 2.21 bits per heavy atom. The van der Waals surface area contributed by atoms with Crippen LogP contribution in [-0.4, -0.2) is 41.4 Å². The second kappa shape index (κ2) is 5.50. The molecule has 122 valence electrons. The predicted molar refractivity (Wildman–Crippen MR) is 90.5 cm³/mol. The summed E-state index contributed by atoms with van der Waals surface area (Å²) in [6.45, 7) is 1.67. The van der Waals surface area contributed by atoms with Crippen molar-refractivity contribution >= 4 is 40.4 Å². The summed E-state index contributed by atoms with van der Waals surface area (Å²) in [4.78, 5) is 26.5. The number of H-pyrrole nitrogens is 1. The molecule has 3 heterocycles. The van der Waals surface area contributed by atoms with E-state index in [0.29, 0.717) is 16.8 Å². The van der Waals surface area contributed by atoms with Crippen molar-refractivity contribution in [1.29, 1.82) is 0 Å². The van der Waals surface area contributed by atoms with Crippen molar-refractivity contribution in [2.75, 3.05) is 18.4 Å². The number of hydrazone groups is 1. The van der Waals surface area contributed by atoms with Crippen LogP contribution in [0, 0.1) is 0 Å². The van der Waals surface area contributed by atoms with Crippen molar-refractivity contribution in [2.45, 2.75) is 6.42 Å². The maximum Gasteiger partial charge on any atom is 0.409 e. The third kappa shape index (κ3) is 2.33. The van der Waals surface area contributed by atoms with Crippen LogP contribution >= 0.6 is 0 Å². The highest BCUT2D eigenvalue weighted by molar-refractivity contribution is 6.17. The van der Waals surface area contributed by atoms with Crippen molar-refractivity contribution < 1.29 is 14.7 Å². The van der Waals surface area contributed by atoms with Crippen LogP contribution in [0.25, 0.3) is 16.5 Å². The lowest BCUT2D eigenvalue weighted by Gasteiger charge is -2.13. The molecule has 0 saturated heterocycles. The summed E-state index contributed by atoms with van der Waals surface area (Å²) in [5.41, 5.74) is 6.79. The Morgan fingerprint density at radius 3 is 2.96 bits per heavy atom. The molecular formula is C16H15N5O3. The Bertz CT molecular complexity index is 925. The van der Waals surface area contributed by atoms with Gasteiger partial charge in [0.25, 0.3) is 5.91 Å². The van der Waals surface area contributed by atoms with Crippen LogP contribution in [0.5, 0.6) is 0 Å². The molecular weight excluding hydrogens is 310 g/mol. The maximum absolute atomic E-state index is 12.3. The highest BCUT2D eigenvalue weighted by atomic mass is 16.4. The Labute approximate surface area is 136 Å². The Balaban J connectivity index is 1.97. The number of carbonyl (C=O) groups excluding carboxylic acids is 1. The molecule has 0 spiro atoms. The van der Waals surface area contributed by atoms with Crippen molar-refractivity contribution in [3.63, 3.8) is 0 Å². The van der Waals surface area contributed by atoms with Gasteiger partial charge in [-0.15, -0.1) is 0 Å². The molecule has 0 bridgehead atoms. The first kappa shape index (κ1) is 14.5. The number of benzene rings is 1. The van der Waals surface area contributed by atoms with Crippen molar-refractivity contribution in [3.8, 4) is 0 Å². The number of nitrogens with zero attached hydrogens (tertiary/aromatic N) is 1. The molecule has 0 fully saturated rings. The van der Waals surface area contributed by atoms with Gasteiger partial charge in [0.15, 0.2) is 0 Å². The zero-order chi connectivity index (χ0) is 16.7. The average molecular weight is 325 g/mol. The average Bonchev–Trinajstić information content (AvgIpc) is 2.84. The number of amides is 2. The summed E-state index contributed by atoms with van der Waals surface area (Å²) in [6.07, 6.45) is 3.43. The molecule has 0 atom stereocenters. The second-order valence-corrected chi connectivity index (χ2v) is 5.67. The van der Waals surface area contributed by atoms with E-state index >= 15 is 0 Å². The Kier molecular flexibility index (Phi) is 3.31. The zero-order valence-corrected chi connectivity index (χ0v) is 12.6. The third-order valence-corrected chi connectivity index (χ3v) is 4.18. The zero-order valence-electron chi connectivity index (χ0n) is 12.6. The number of carboxylic acid groups (broad SMARTS) is 1. The maximum atomic E-state index is 12.3. The topological polar surface area (TPSA) is 119 Å². The minimum Gasteiger partial charge on any atom is -0.465 e. The van der Waals surface area contributed by atoms with Crippen molar-refractivity contribution in [1.82, 2.24) is 15.7 Å². The van der Waals surface area contributed by atoms with Crippen molar-refractivity contribution in [3.05, 3.63) is 35.0 Å². The number of nitrogens with one attached hydrogen (secondary N) is 4. The number of hydrogen-bond donors (Lipinski definition) is 5. The summed E-state index contributed by atoms with van der Waals surface area (Å²) in [6, 6.07) is 3.21. The van der Waals surface area contributed by atoms with Gasteiger partial charge in [0, 0.05) is 28.7 Å². The number of hydrogen-bond acceptors (Lipinski definition) is 4. The summed E-state index contributed by atoms with van der Waals surface area (Å²) in [5.74, 6) is -0.367. The standard InChI is InChI=1S/C16H15N5O3/c22-15-10-5-9(19-16(23)24)6-12-13(10)11(7-18-21-15)14(20-12)8-1-3-17-4-2-8/h1,5-7,17,19-20H,2-4H2,(H,21,22)(H,23,24). The quantitative estimate of drug-likeness (QED) is 0.577. The SMILES string of the molecule is O=C(O)Nc1cc2c3c(c(C4=CCNCC4)[nH]c3c1)C=NNC2=O. The number of rotatable bonds is 2. The highest BCUT2D eigenvalue weighted by Crippen LogP contribution is 2.33. The minimum absolute atomic E-state index is 0.334. The summed E-state index contributed by atoms with van der Waals surface area (Å²) >= 11 is 0. The first-order valence-electron chi connectivity index (χ1n) is 7.56. The van der Waals surface area contributed by atoms with Crippen LogP contribution in [0.2, 0.25) is 0 Å². The summed E-state index contributed by atoms with van der Waals surface area (Å²) < 4.78 is 0. The van der Waals surface area contributed by atoms with Gasteiger partial charge in [-0.3, -0.25) is 10.1 Å². The van der Waals surface area contributed by atoms with E-state index in [2.05, 4.69) is 32.2 Å². The van der Waals surface area contributed by atoms with E-state index in [1.807, 2.05) is 0 Å². The normalized spacial score (nSPS) is 16.5. The van der Waals surface area contributed by atoms with E-state index in [1.165, 1.54) is 6.07 Å².